The minimum atomic E-state index is -0.305. The molecular formula is C20H21FN6O. The number of halogens is 1. The van der Waals surface area contributed by atoms with E-state index in [-0.39, 0.29) is 23.7 Å². The zero-order valence-corrected chi connectivity index (χ0v) is 15.3. The average Bonchev–Trinajstić information content (AvgIpc) is 3.23. The molecule has 0 radical (unpaired) electrons. The third-order valence-electron chi connectivity index (χ3n) is 5.30. The van der Waals surface area contributed by atoms with E-state index >= 15 is 0 Å². The molecule has 2 unspecified atom stereocenters. The van der Waals surface area contributed by atoms with Gasteiger partial charge in [0.1, 0.15) is 17.7 Å². The second kappa shape index (κ2) is 7.92. The Bertz CT molecular complexity index is 888. The third-order valence-corrected chi connectivity index (χ3v) is 5.30. The van der Waals surface area contributed by atoms with E-state index in [1.54, 1.807) is 18.3 Å². The molecule has 7 nitrogen and oxygen atoms in total. The number of benzene rings is 1. The molecule has 144 valence electrons. The lowest BCUT2D eigenvalue weighted by Gasteiger charge is -2.37. The number of hydrogen-bond donors (Lipinski definition) is 2. The molecule has 1 aromatic carbocycles. The van der Waals surface area contributed by atoms with Crippen LogP contribution in [0.1, 0.15) is 17.2 Å². The van der Waals surface area contributed by atoms with E-state index in [9.17, 15) is 9.18 Å². The minimum absolute atomic E-state index is 0.0687. The molecule has 4 rings (SSSR count). The fraction of sp³-hybridized carbons (Fsp3) is 0.350. The van der Waals surface area contributed by atoms with Gasteiger partial charge in [-0.25, -0.2) is 14.8 Å². The molecule has 8 heteroatoms. The second-order valence-electron chi connectivity index (χ2n) is 6.99. The second-order valence-corrected chi connectivity index (χ2v) is 6.99. The van der Waals surface area contributed by atoms with Gasteiger partial charge in [-0.15, -0.1) is 0 Å². The Morgan fingerprint density at radius 3 is 2.71 bits per heavy atom. The Morgan fingerprint density at radius 1 is 1.21 bits per heavy atom. The first kappa shape index (κ1) is 18.3. The summed E-state index contributed by atoms with van der Waals surface area (Å²) in [5.41, 5.74) is 7.44. The smallest absolute Gasteiger partial charge is 0.229 e. The fourth-order valence-electron chi connectivity index (χ4n) is 3.77. The molecule has 1 aromatic heterocycles. The number of nitriles is 1. The van der Waals surface area contributed by atoms with Crippen LogP contribution in [0, 0.1) is 23.1 Å². The van der Waals surface area contributed by atoms with Crippen molar-refractivity contribution in [2.24, 2.45) is 5.92 Å². The Balaban J connectivity index is 1.40. The zero-order valence-electron chi connectivity index (χ0n) is 15.3. The van der Waals surface area contributed by atoms with Crippen LogP contribution in [0.5, 0.6) is 0 Å². The maximum absolute atomic E-state index is 13.6. The molecule has 0 saturated carbocycles. The largest absolute Gasteiger partial charge is 0.353 e. The minimum Gasteiger partial charge on any atom is -0.353 e. The Labute approximate surface area is 162 Å². The maximum Gasteiger partial charge on any atom is 0.229 e. The van der Waals surface area contributed by atoms with Gasteiger partial charge in [-0.2, -0.15) is 5.26 Å². The molecular weight excluding hydrogens is 359 g/mol. The van der Waals surface area contributed by atoms with Crippen LogP contribution in [0.15, 0.2) is 42.6 Å². The molecule has 28 heavy (non-hydrogen) atoms. The maximum atomic E-state index is 13.6. The van der Waals surface area contributed by atoms with Crippen LogP contribution in [-0.2, 0) is 4.79 Å². The lowest BCUT2D eigenvalue weighted by atomic mass is 9.93. The standard InChI is InChI=1S/C20H21FN6O/c21-16-3-1-2-15(10-16)19-17(13-24-25-19)20(28)27-8-6-26(7-9-27)18-5-4-14(11-22)12-23-18/h1-5,10,12,17,19,24-25H,6-9,13H2. The summed E-state index contributed by atoms with van der Waals surface area (Å²) < 4.78 is 13.6. The summed E-state index contributed by atoms with van der Waals surface area (Å²) in [4.78, 5) is 21.4. The number of carbonyl (C=O) groups is 1. The van der Waals surface area contributed by atoms with E-state index in [0.29, 0.717) is 38.3 Å². The van der Waals surface area contributed by atoms with Gasteiger partial charge in [0, 0.05) is 38.9 Å². The molecule has 2 fully saturated rings. The predicted molar refractivity (Wildman–Crippen MR) is 102 cm³/mol. The van der Waals surface area contributed by atoms with E-state index in [1.807, 2.05) is 17.0 Å². The molecule has 2 atom stereocenters. The van der Waals surface area contributed by atoms with Crippen LogP contribution in [0.4, 0.5) is 10.2 Å². The molecule has 2 aliphatic heterocycles. The number of hydrazine groups is 1. The number of rotatable bonds is 3. The van der Waals surface area contributed by atoms with Crippen LogP contribution in [-0.4, -0.2) is 48.5 Å². The van der Waals surface area contributed by atoms with Crippen molar-refractivity contribution in [3.8, 4) is 6.07 Å². The molecule has 2 aliphatic rings. The van der Waals surface area contributed by atoms with Crippen LogP contribution >= 0.6 is 0 Å². The van der Waals surface area contributed by atoms with Gasteiger partial charge in [-0.3, -0.25) is 10.2 Å². The first-order valence-electron chi connectivity index (χ1n) is 9.29. The number of hydrogen-bond acceptors (Lipinski definition) is 6. The van der Waals surface area contributed by atoms with Gasteiger partial charge in [0.2, 0.25) is 5.91 Å². The highest BCUT2D eigenvalue weighted by molar-refractivity contribution is 5.80. The first-order valence-corrected chi connectivity index (χ1v) is 9.29. The van der Waals surface area contributed by atoms with Gasteiger partial charge < -0.3 is 9.80 Å². The SMILES string of the molecule is N#Cc1ccc(N2CCN(C(=O)C3CNNC3c3cccc(F)c3)CC2)nc1. The lowest BCUT2D eigenvalue weighted by molar-refractivity contribution is -0.135. The molecule has 3 heterocycles. The molecule has 1 amide bonds. The first-order chi connectivity index (χ1) is 13.7. The number of nitrogens with zero attached hydrogens (tertiary/aromatic N) is 4. The summed E-state index contributed by atoms with van der Waals surface area (Å²) in [6.07, 6.45) is 1.56. The predicted octanol–water partition coefficient (Wildman–Crippen LogP) is 1.21. The van der Waals surface area contributed by atoms with Crippen LogP contribution in [0.3, 0.4) is 0 Å². The van der Waals surface area contributed by atoms with E-state index in [0.717, 1.165) is 11.4 Å². The number of aromatic nitrogens is 1. The topological polar surface area (TPSA) is 84.3 Å². The lowest BCUT2D eigenvalue weighted by Crippen LogP contribution is -2.51. The average molecular weight is 380 g/mol. The van der Waals surface area contributed by atoms with Crippen LogP contribution < -0.4 is 15.8 Å². The Morgan fingerprint density at radius 2 is 2.04 bits per heavy atom. The highest BCUT2D eigenvalue weighted by atomic mass is 19.1. The summed E-state index contributed by atoms with van der Waals surface area (Å²) in [5.74, 6) is 0.300. The van der Waals surface area contributed by atoms with E-state index < -0.39 is 0 Å². The van der Waals surface area contributed by atoms with Crippen LogP contribution in [0.25, 0.3) is 0 Å². The highest BCUT2D eigenvalue weighted by Gasteiger charge is 2.37. The number of nitrogens with one attached hydrogen (secondary N) is 2. The van der Waals surface area contributed by atoms with E-state index in [4.69, 9.17) is 5.26 Å². The summed E-state index contributed by atoms with van der Waals surface area (Å²) in [6, 6.07) is 11.8. The van der Waals surface area contributed by atoms with E-state index in [2.05, 4.69) is 26.8 Å². The summed E-state index contributed by atoms with van der Waals surface area (Å²) >= 11 is 0. The van der Waals surface area contributed by atoms with Crippen molar-refractivity contribution in [2.45, 2.75) is 6.04 Å². The van der Waals surface area contributed by atoms with Crippen molar-refractivity contribution in [2.75, 3.05) is 37.6 Å². The Kier molecular flexibility index (Phi) is 5.19. The molecule has 0 bridgehead atoms. The van der Waals surface area contributed by atoms with Crippen LogP contribution in [0.2, 0.25) is 0 Å². The highest BCUT2D eigenvalue weighted by Crippen LogP contribution is 2.27. The van der Waals surface area contributed by atoms with Crippen molar-refractivity contribution in [3.05, 3.63) is 59.5 Å². The van der Waals surface area contributed by atoms with Crippen molar-refractivity contribution in [3.63, 3.8) is 0 Å². The van der Waals surface area contributed by atoms with Crippen molar-refractivity contribution >= 4 is 11.7 Å². The zero-order chi connectivity index (χ0) is 19.5. The number of amides is 1. The summed E-state index contributed by atoms with van der Waals surface area (Å²) in [5, 5.41) is 8.88. The van der Waals surface area contributed by atoms with E-state index in [1.165, 1.54) is 12.1 Å². The monoisotopic (exact) mass is 380 g/mol. The van der Waals surface area contributed by atoms with Crippen molar-refractivity contribution < 1.29 is 9.18 Å². The van der Waals surface area contributed by atoms with Gasteiger partial charge in [0.15, 0.2) is 0 Å². The van der Waals surface area contributed by atoms with Gasteiger partial charge in [-0.05, 0) is 29.8 Å². The fourth-order valence-corrected chi connectivity index (χ4v) is 3.77. The molecule has 0 spiro atoms. The molecule has 2 N–H and O–H groups in total. The van der Waals surface area contributed by atoms with Gasteiger partial charge >= 0.3 is 0 Å². The normalized spacial score (nSPS) is 22.1. The van der Waals surface area contributed by atoms with Gasteiger partial charge in [-0.1, -0.05) is 12.1 Å². The third kappa shape index (κ3) is 3.67. The number of piperazine rings is 1. The molecule has 2 aromatic rings. The quantitative estimate of drug-likeness (QED) is 0.833. The van der Waals surface area contributed by atoms with Gasteiger partial charge in [0.05, 0.1) is 17.5 Å². The number of pyridine rings is 1. The van der Waals surface area contributed by atoms with Crippen molar-refractivity contribution in [1.29, 1.82) is 5.26 Å². The molecule has 0 aliphatic carbocycles. The Hall–Kier alpha value is -3.02. The van der Waals surface area contributed by atoms with Crippen molar-refractivity contribution in [1.82, 2.24) is 20.7 Å². The number of anilines is 1. The molecule has 2 saturated heterocycles. The van der Waals surface area contributed by atoms with Gasteiger partial charge in [0.25, 0.3) is 0 Å². The summed E-state index contributed by atoms with van der Waals surface area (Å²) in [6.45, 7) is 3.09. The summed E-state index contributed by atoms with van der Waals surface area (Å²) in [7, 11) is 0. The number of carbonyl (C=O) groups excluding carboxylic acids is 1.